The molecule has 0 atom stereocenters. The van der Waals surface area contributed by atoms with E-state index < -0.39 is 0 Å². The lowest BCUT2D eigenvalue weighted by atomic mass is 9.95. The highest BCUT2D eigenvalue weighted by molar-refractivity contribution is 5.76. The maximum atomic E-state index is 6.48. The highest BCUT2D eigenvalue weighted by Crippen LogP contribution is 2.47. The predicted molar refractivity (Wildman–Crippen MR) is 206 cm³/mol. The molecule has 0 saturated carbocycles. The maximum Gasteiger partial charge on any atom is 0.204 e. The normalized spacial score (nSPS) is 13.7. The molecule has 0 saturated heterocycles. The first kappa shape index (κ1) is 41.5. The van der Waals surface area contributed by atoms with Gasteiger partial charge in [-0.2, -0.15) is 0 Å². The number of rotatable bonds is 32. The van der Waals surface area contributed by atoms with E-state index in [1.807, 2.05) is 0 Å². The molecule has 1 heterocycles. The van der Waals surface area contributed by atoms with Crippen LogP contribution in [0.25, 0.3) is 5.57 Å². The Morgan fingerprint density at radius 3 is 1.26 bits per heavy atom. The van der Waals surface area contributed by atoms with Crippen molar-refractivity contribution in [3.8, 4) is 17.2 Å². The van der Waals surface area contributed by atoms with Crippen LogP contribution in [0.15, 0.2) is 18.2 Å². The molecule has 0 amide bonds. The quantitative estimate of drug-likeness (QED) is 0.0724. The molecule has 0 unspecified atom stereocenters. The first-order chi connectivity index (χ1) is 23.0. The fourth-order valence-electron chi connectivity index (χ4n) is 7.05. The molecule has 0 fully saturated rings. The molecule has 3 heteroatoms. The number of benzene rings is 1. The summed E-state index contributed by atoms with van der Waals surface area (Å²) in [5, 5.41) is 0. The summed E-state index contributed by atoms with van der Waals surface area (Å²) in [5.41, 5.74) is 2.03. The van der Waals surface area contributed by atoms with Crippen molar-refractivity contribution in [1.82, 2.24) is 0 Å². The summed E-state index contributed by atoms with van der Waals surface area (Å²) in [5.74, 6) is 2.51. The second-order valence-corrected chi connectivity index (χ2v) is 15.2. The van der Waals surface area contributed by atoms with Crippen LogP contribution in [0, 0.1) is 0 Å². The number of allylic oxidation sites excluding steroid dienone is 1. The average Bonchev–Trinajstić information content (AvgIpc) is 3.04. The second-order valence-electron chi connectivity index (χ2n) is 15.2. The fourth-order valence-corrected chi connectivity index (χ4v) is 7.05. The monoisotopic (exact) mass is 655 g/mol. The predicted octanol–water partition coefficient (Wildman–Crippen LogP) is 15.0. The number of fused-ring (bicyclic) bond motifs is 1. The Hall–Kier alpha value is -1.64. The van der Waals surface area contributed by atoms with Gasteiger partial charge in [0.2, 0.25) is 5.75 Å². The van der Waals surface area contributed by atoms with Crippen LogP contribution in [0.5, 0.6) is 17.2 Å². The molecule has 0 radical (unpaired) electrons. The van der Waals surface area contributed by atoms with Crippen LogP contribution in [-0.4, -0.2) is 18.8 Å². The van der Waals surface area contributed by atoms with Crippen LogP contribution in [0.3, 0.4) is 0 Å². The van der Waals surface area contributed by atoms with Crippen LogP contribution in [-0.2, 0) is 0 Å². The van der Waals surface area contributed by atoms with E-state index in [2.05, 4.69) is 52.8 Å². The number of unbranched alkanes of at least 4 members (excludes halogenated alkanes) is 26. The van der Waals surface area contributed by atoms with Gasteiger partial charge < -0.3 is 14.2 Å². The zero-order chi connectivity index (χ0) is 33.8. The van der Waals surface area contributed by atoms with Gasteiger partial charge in [0.15, 0.2) is 11.5 Å². The van der Waals surface area contributed by atoms with Crippen LogP contribution < -0.4 is 14.2 Å². The molecular weight excluding hydrogens is 576 g/mol. The first-order valence-electron chi connectivity index (χ1n) is 20.8. The SMILES string of the molecule is CCCCCCCCCCCCCCCCOc1ccc2c(c1OCCCCCCCCCCCCCCCC)OC(C)(C)C=C2C. The Bertz CT molecular complexity index is 917. The molecule has 1 aliphatic heterocycles. The van der Waals surface area contributed by atoms with Gasteiger partial charge in [-0.1, -0.05) is 181 Å². The summed E-state index contributed by atoms with van der Waals surface area (Å²) >= 11 is 0. The van der Waals surface area contributed by atoms with Gasteiger partial charge in [-0.25, -0.2) is 0 Å². The first-order valence-corrected chi connectivity index (χ1v) is 20.8. The number of hydrogen-bond acceptors (Lipinski definition) is 3. The summed E-state index contributed by atoms with van der Waals surface area (Å²) in [6, 6.07) is 4.25. The van der Waals surface area contributed by atoms with Gasteiger partial charge in [0, 0.05) is 5.56 Å². The summed E-state index contributed by atoms with van der Waals surface area (Å²) in [4.78, 5) is 0. The van der Waals surface area contributed by atoms with Crippen molar-refractivity contribution in [2.24, 2.45) is 0 Å². The van der Waals surface area contributed by atoms with E-state index >= 15 is 0 Å². The number of hydrogen-bond donors (Lipinski definition) is 0. The lowest BCUT2D eigenvalue weighted by Gasteiger charge is -2.32. The lowest BCUT2D eigenvalue weighted by molar-refractivity contribution is 0.145. The Morgan fingerprint density at radius 2 is 0.851 bits per heavy atom. The summed E-state index contributed by atoms with van der Waals surface area (Å²) in [6.45, 7) is 12.5. The van der Waals surface area contributed by atoms with Gasteiger partial charge in [0.1, 0.15) is 5.60 Å². The topological polar surface area (TPSA) is 27.7 Å². The minimum atomic E-state index is -0.350. The largest absolute Gasteiger partial charge is 0.490 e. The van der Waals surface area contributed by atoms with Crippen molar-refractivity contribution in [1.29, 1.82) is 0 Å². The van der Waals surface area contributed by atoms with Crippen LogP contribution in [0.1, 0.15) is 220 Å². The molecular formula is C44H78O3. The van der Waals surface area contributed by atoms with E-state index in [1.165, 1.54) is 173 Å². The van der Waals surface area contributed by atoms with Crippen molar-refractivity contribution < 1.29 is 14.2 Å². The molecule has 1 aliphatic rings. The number of ether oxygens (including phenoxy) is 3. The molecule has 0 N–H and O–H groups in total. The Balaban J connectivity index is 1.63. The Morgan fingerprint density at radius 1 is 0.489 bits per heavy atom. The minimum absolute atomic E-state index is 0.350. The smallest absolute Gasteiger partial charge is 0.204 e. The Kier molecular flexibility index (Phi) is 24.0. The molecule has 0 bridgehead atoms. The maximum absolute atomic E-state index is 6.48. The van der Waals surface area contributed by atoms with Crippen molar-refractivity contribution in [2.75, 3.05) is 13.2 Å². The van der Waals surface area contributed by atoms with E-state index in [0.29, 0.717) is 0 Å². The molecule has 1 aromatic carbocycles. The van der Waals surface area contributed by atoms with E-state index in [9.17, 15) is 0 Å². The molecule has 1 aromatic rings. The summed E-state index contributed by atoms with van der Waals surface area (Å²) in [6.07, 6.45) is 40.5. The van der Waals surface area contributed by atoms with Crippen molar-refractivity contribution in [3.63, 3.8) is 0 Å². The third-order valence-electron chi connectivity index (χ3n) is 9.93. The van der Waals surface area contributed by atoms with Gasteiger partial charge >= 0.3 is 0 Å². The van der Waals surface area contributed by atoms with E-state index in [1.54, 1.807) is 0 Å². The average molecular weight is 655 g/mol. The zero-order valence-corrected chi connectivity index (χ0v) is 32.2. The fraction of sp³-hybridized carbons (Fsp3) is 0.818. The van der Waals surface area contributed by atoms with Crippen LogP contribution in [0.2, 0.25) is 0 Å². The molecule has 2 rings (SSSR count). The van der Waals surface area contributed by atoms with Gasteiger partial charge in [0.05, 0.1) is 13.2 Å². The highest BCUT2D eigenvalue weighted by atomic mass is 16.5. The molecule has 3 nitrogen and oxygen atoms in total. The minimum Gasteiger partial charge on any atom is -0.490 e. The van der Waals surface area contributed by atoms with Gasteiger partial charge in [-0.05, 0) is 57.4 Å². The molecule has 0 spiro atoms. The second kappa shape index (κ2) is 27.2. The van der Waals surface area contributed by atoms with Gasteiger partial charge in [-0.15, -0.1) is 0 Å². The van der Waals surface area contributed by atoms with Crippen molar-refractivity contribution >= 4 is 5.57 Å². The third kappa shape index (κ3) is 19.8. The van der Waals surface area contributed by atoms with Gasteiger partial charge in [0.25, 0.3) is 0 Å². The molecule has 47 heavy (non-hydrogen) atoms. The molecule has 272 valence electrons. The van der Waals surface area contributed by atoms with Gasteiger partial charge in [-0.3, -0.25) is 0 Å². The van der Waals surface area contributed by atoms with Crippen LogP contribution in [0.4, 0.5) is 0 Å². The standard InChI is InChI=1S/C44H78O3/c1-6-8-10-12-14-16-18-20-22-24-26-28-30-32-36-45-41-35-34-40-39(3)38-44(4,5)47-42(40)43(41)46-37-33-31-29-27-25-23-21-19-17-15-13-11-9-7-2/h34-35,38H,6-33,36-37H2,1-5H3. The summed E-state index contributed by atoms with van der Waals surface area (Å²) in [7, 11) is 0. The van der Waals surface area contributed by atoms with Crippen LogP contribution >= 0.6 is 0 Å². The molecule has 0 aliphatic carbocycles. The van der Waals surface area contributed by atoms with E-state index in [4.69, 9.17) is 14.2 Å². The highest BCUT2D eigenvalue weighted by Gasteiger charge is 2.29. The van der Waals surface area contributed by atoms with E-state index in [0.717, 1.165) is 48.9 Å². The zero-order valence-electron chi connectivity index (χ0n) is 32.2. The van der Waals surface area contributed by atoms with Crippen molar-refractivity contribution in [3.05, 3.63) is 23.8 Å². The molecule has 0 aromatic heterocycles. The van der Waals surface area contributed by atoms with Crippen molar-refractivity contribution in [2.45, 2.75) is 220 Å². The third-order valence-corrected chi connectivity index (χ3v) is 9.93. The van der Waals surface area contributed by atoms with E-state index in [-0.39, 0.29) is 5.60 Å². The lowest BCUT2D eigenvalue weighted by Crippen LogP contribution is -2.29. The summed E-state index contributed by atoms with van der Waals surface area (Å²) < 4.78 is 19.3. The Labute approximate surface area is 293 Å².